The number of anilines is 1. The smallest absolute Gasteiger partial charge is 0.255 e. The number of amides is 3. The molecular weight excluding hydrogens is 733 g/mol. The normalized spacial score (nSPS) is 17.5. The number of ether oxygens (including phenoxy) is 3. The maximum atomic E-state index is 13.1. The lowest BCUT2D eigenvalue weighted by Gasteiger charge is -2.36. The number of carbonyl (C=O) groups is 3. The van der Waals surface area contributed by atoms with Crippen molar-refractivity contribution in [2.45, 2.75) is 30.3 Å². The standard InChI is InChI=1S/C43H42N4O8S/c1-53-34-11-16-37-29(26-34)5-14-36(28-3-12-35(13-4-28)56(2,51)52)41(37)55-33-9-7-32(8-10-33)54-24-23-45-19-21-46(22-20-45)31-6-15-38-30(25-31)27-47(43(38)50)39-17-18-40(48)44-42(39)49/h3-16,25-26,39H,17-24,27H2,1-2H3,(H,44,48,49). The van der Waals surface area contributed by atoms with Gasteiger partial charge >= 0.3 is 0 Å². The number of piperazine rings is 1. The van der Waals surface area contributed by atoms with E-state index in [-0.39, 0.29) is 23.1 Å². The summed E-state index contributed by atoms with van der Waals surface area (Å²) in [6.45, 7) is 5.06. The Morgan fingerprint density at radius 3 is 2.21 bits per heavy atom. The topological polar surface area (TPSA) is 135 Å². The number of nitrogens with one attached hydrogen (secondary N) is 1. The number of fused-ring (bicyclic) bond motifs is 2. The summed E-state index contributed by atoms with van der Waals surface area (Å²) >= 11 is 0. The Morgan fingerprint density at radius 2 is 1.50 bits per heavy atom. The second-order valence-electron chi connectivity index (χ2n) is 14.3. The Hall–Kier alpha value is -5.92. The first kappa shape index (κ1) is 37.0. The van der Waals surface area contributed by atoms with Crippen LogP contribution >= 0.6 is 0 Å². The van der Waals surface area contributed by atoms with Crippen molar-refractivity contribution in [2.24, 2.45) is 0 Å². The third-order valence-electron chi connectivity index (χ3n) is 10.7. The van der Waals surface area contributed by atoms with Gasteiger partial charge in [-0.25, -0.2) is 8.42 Å². The third kappa shape index (κ3) is 7.64. The van der Waals surface area contributed by atoms with Crippen molar-refractivity contribution < 1.29 is 37.0 Å². The fourth-order valence-electron chi connectivity index (χ4n) is 7.63. The Labute approximate surface area is 325 Å². The second-order valence-corrected chi connectivity index (χ2v) is 16.3. The number of methoxy groups -OCH3 is 1. The molecular formula is C43H42N4O8S. The van der Waals surface area contributed by atoms with Gasteiger partial charge in [-0.05, 0) is 102 Å². The van der Waals surface area contributed by atoms with Crippen molar-refractivity contribution in [1.82, 2.24) is 15.1 Å². The molecule has 0 aliphatic carbocycles. The fraction of sp³-hybridized carbons (Fsp3) is 0.279. The lowest BCUT2D eigenvalue weighted by molar-refractivity contribution is -0.136. The fourth-order valence-corrected chi connectivity index (χ4v) is 8.26. The molecule has 0 radical (unpaired) electrons. The molecule has 13 heteroatoms. The van der Waals surface area contributed by atoms with E-state index >= 15 is 0 Å². The van der Waals surface area contributed by atoms with Crippen LogP contribution < -0.4 is 24.4 Å². The molecule has 5 aromatic rings. The summed E-state index contributed by atoms with van der Waals surface area (Å²) in [6, 6.07) is 29.4. The molecule has 3 aliphatic heterocycles. The molecule has 288 valence electrons. The lowest BCUT2D eigenvalue weighted by atomic mass is 9.99. The van der Waals surface area contributed by atoms with Crippen LogP contribution in [-0.2, 0) is 26.0 Å². The molecule has 3 aliphatic rings. The summed E-state index contributed by atoms with van der Waals surface area (Å²) in [7, 11) is -1.70. The molecule has 12 nitrogen and oxygen atoms in total. The van der Waals surface area contributed by atoms with Gasteiger partial charge in [0, 0.05) is 74.1 Å². The van der Waals surface area contributed by atoms with Gasteiger partial charge in [0.1, 0.15) is 35.6 Å². The van der Waals surface area contributed by atoms with Gasteiger partial charge in [0.15, 0.2) is 9.84 Å². The van der Waals surface area contributed by atoms with Gasteiger partial charge < -0.3 is 24.0 Å². The minimum Gasteiger partial charge on any atom is -0.497 e. The van der Waals surface area contributed by atoms with Crippen LogP contribution in [0.3, 0.4) is 0 Å². The minimum atomic E-state index is -3.33. The zero-order valence-corrected chi connectivity index (χ0v) is 32.0. The number of nitrogens with zero attached hydrogens (tertiary/aromatic N) is 3. The SMILES string of the molecule is COc1ccc2c(Oc3ccc(OCCN4CCN(c5ccc6c(c5)CN(C5CCC(=O)NC5=O)C6=O)CC4)cc3)c(-c3ccc(S(C)(=O)=O)cc3)ccc2c1. The van der Waals surface area contributed by atoms with E-state index in [1.165, 1.54) is 6.26 Å². The van der Waals surface area contributed by atoms with Crippen molar-refractivity contribution in [3.05, 3.63) is 108 Å². The molecule has 0 saturated carbocycles. The molecule has 5 aromatic carbocycles. The molecule has 1 unspecified atom stereocenters. The average molecular weight is 775 g/mol. The molecule has 3 amide bonds. The first-order chi connectivity index (χ1) is 27.0. The highest BCUT2D eigenvalue weighted by atomic mass is 32.2. The lowest BCUT2D eigenvalue weighted by Crippen LogP contribution is -2.52. The summed E-state index contributed by atoms with van der Waals surface area (Å²) in [6.07, 6.45) is 1.78. The summed E-state index contributed by atoms with van der Waals surface area (Å²) in [5, 5.41) is 4.19. The number of benzene rings is 5. The average Bonchev–Trinajstić information content (AvgIpc) is 3.53. The highest BCUT2D eigenvalue weighted by molar-refractivity contribution is 7.90. The number of hydrogen-bond acceptors (Lipinski definition) is 10. The van der Waals surface area contributed by atoms with Crippen LogP contribution in [0, 0.1) is 0 Å². The van der Waals surface area contributed by atoms with Crippen molar-refractivity contribution in [3.63, 3.8) is 0 Å². The zero-order chi connectivity index (χ0) is 39.0. The van der Waals surface area contributed by atoms with Gasteiger partial charge in [0.2, 0.25) is 11.8 Å². The summed E-state index contributed by atoms with van der Waals surface area (Å²) in [5.74, 6) is 1.88. The van der Waals surface area contributed by atoms with Crippen LogP contribution in [0.1, 0.15) is 28.8 Å². The van der Waals surface area contributed by atoms with E-state index in [0.717, 1.165) is 77.4 Å². The van der Waals surface area contributed by atoms with Gasteiger partial charge in [-0.15, -0.1) is 0 Å². The van der Waals surface area contributed by atoms with Crippen molar-refractivity contribution in [2.75, 3.05) is 57.6 Å². The summed E-state index contributed by atoms with van der Waals surface area (Å²) in [4.78, 5) is 43.7. The van der Waals surface area contributed by atoms with E-state index in [2.05, 4.69) is 21.2 Å². The summed E-state index contributed by atoms with van der Waals surface area (Å²) in [5.41, 5.74) is 4.23. The van der Waals surface area contributed by atoms with Gasteiger partial charge in [-0.1, -0.05) is 18.2 Å². The van der Waals surface area contributed by atoms with Crippen LogP contribution in [0.4, 0.5) is 5.69 Å². The van der Waals surface area contributed by atoms with E-state index in [9.17, 15) is 22.8 Å². The predicted molar refractivity (Wildman–Crippen MR) is 212 cm³/mol. The molecule has 2 fully saturated rings. The van der Waals surface area contributed by atoms with E-state index in [0.29, 0.717) is 36.6 Å². The second kappa shape index (κ2) is 15.3. The van der Waals surface area contributed by atoms with E-state index < -0.39 is 21.8 Å². The quantitative estimate of drug-likeness (QED) is 0.167. The Bertz CT molecular complexity index is 2430. The zero-order valence-electron chi connectivity index (χ0n) is 31.2. The first-order valence-electron chi connectivity index (χ1n) is 18.6. The minimum absolute atomic E-state index is 0.162. The van der Waals surface area contributed by atoms with Gasteiger partial charge in [-0.3, -0.25) is 24.6 Å². The van der Waals surface area contributed by atoms with Gasteiger partial charge in [0.25, 0.3) is 5.91 Å². The molecule has 0 bridgehead atoms. The number of carbonyl (C=O) groups excluding carboxylic acids is 3. The molecule has 8 rings (SSSR count). The maximum Gasteiger partial charge on any atom is 0.255 e. The molecule has 0 spiro atoms. The van der Waals surface area contributed by atoms with Gasteiger partial charge in [0.05, 0.1) is 12.0 Å². The van der Waals surface area contributed by atoms with Crippen molar-refractivity contribution in [1.29, 1.82) is 0 Å². The molecule has 2 saturated heterocycles. The number of sulfone groups is 1. The van der Waals surface area contributed by atoms with Crippen LogP contribution in [0.5, 0.6) is 23.0 Å². The van der Waals surface area contributed by atoms with Crippen LogP contribution in [-0.4, -0.2) is 94.7 Å². The number of hydrogen-bond donors (Lipinski definition) is 1. The van der Waals surface area contributed by atoms with E-state index in [4.69, 9.17) is 14.2 Å². The molecule has 1 N–H and O–H groups in total. The Kier molecular flexibility index (Phi) is 10.1. The van der Waals surface area contributed by atoms with Crippen LogP contribution in [0.2, 0.25) is 0 Å². The monoisotopic (exact) mass is 774 g/mol. The van der Waals surface area contributed by atoms with E-state index in [1.807, 2.05) is 66.7 Å². The molecule has 56 heavy (non-hydrogen) atoms. The highest BCUT2D eigenvalue weighted by Crippen LogP contribution is 2.41. The molecule has 1 atom stereocenters. The van der Waals surface area contributed by atoms with E-state index in [1.54, 1.807) is 36.3 Å². The Balaban J connectivity index is 0.864. The van der Waals surface area contributed by atoms with Crippen molar-refractivity contribution in [3.8, 4) is 34.1 Å². The largest absolute Gasteiger partial charge is 0.497 e. The number of imide groups is 1. The highest BCUT2D eigenvalue weighted by Gasteiger charge is 2.39. The third-order valence-corrected chi connectivity index (χ3v) is 11.9. The molecule has 3 heterocycles. The Morgan fingerprint density at radius 1 is 0.786 bits per heavy atom. The number of piperidine rings is 1. The summed E-state index contributed by atoms with van der Waals surface area (Å²) < 4.78 is 42.3. The van der Waals surface area contributed by atoms with Crippen LogP contribution in [0.15, 0.2) is 102 Å². The van der Waals surface area contributed by atoms with Gasteiger partial charge in [-0.2, -0.15) is 0 Å². The maximum absolute atomic E-state index is 13.1. The van der Waals surface area contributed by atoms with Crippen molar-refractivity contribution >= 4 is 44.0 Å². The first-order valence-corrected chi connectivity index (χ1v) is 20.5. The van der Waals surface area contributed by atoms with Crippen LogP contribution in [0.25, 0.3) is 21.9 Å². The number of rotatable bonds is 11. The molecule has 0 aromatic heterocycles. The predicted octanol–water partition coefficient (Wildman–Crippen LogP) is 5.67.